The number of halogens is 22. The summed E-state index contributed by atoms with van der Waals surface area (Å²) in [6, 6.07) is 36.0. The quantitative estimate of drug-likeness (QED) is 0.0155. The fraction of sp³-hybridized carbons (Fsp3) is 0.286. The van der Waals surface area contributed by atoms with Crippen LogP contribution in [0.3, 0.4) is 0 Å². The molecular formula is C84H77BF21IN4Si2. The van der Waals surface area contributed by atoms with Crippen molar-refractivity contribution in [3.05, 3.63) is 295 Å². The van der Waals surface area contributed by atoms with Crippen LogP contribution in [0.15, 0.2) is 128 Å². The van der Waals surface area contributed by atoms with Crippen molar-refractivity contribution in [1.82, 2.24) is 9.13 Å². The van der Waals surface area contributed by atoms with Gasteiger partial charge in [0.15, 0.2) is 69.8 Å². The van der Waals surface area contributed by atoms with Crippen LogP contribution in [0.1, 0.15) is 203 Å². The first kappa shape index (κ1) is 88.1. The highest BCUT2D eigenvalue weighted by atomic mass is 127. The average Bonchev–Trinajstić information content (AvgIpc) is 1.24. The molecule has 0 saturated carbocycles. The molecule has 0 spiro atoms. The van der Waals surface area contributed by atoms with Crippen LogP contribution in [0.5, 0.6) is 0 Å². The van der Waals surface area contributed by atoms with E-state index < -0.39 is 150 Å². The standard InChI is InChI=1S/C54H72IN4Si2.C24BF20.C6H5F/c1-33(2)41-21-17-22-42(34(3)4)49(41)56-29-30-57(50-43(35(5)6)23-18-24-44(50)36(7)8)53(56)60-61(55)54-58(51-45(37(9)10)25-19-26-46(51)38(11)12)31-32-59(54)52-47(39(13)14)27-20-28-48(52)40(15)16;26-5-1(6(27)14(35)21(42)13(5)34)25(2-7(28)15(36)22(43)16(37)8(2)29,3-9(30)17(38)23(44)18(39)10(3)31)4-11(32)19(40)24(45)20(41)12(4)33;7-6-4-2-1-3-5-6/h17-40H,1-16H3;;1-5H/q+1;-1;. The zero-order valence-corrected chi connectivity index (χ0v) is 68.1. The second-order valence-corrected chi connectivity index (χ2v) is 39.9. The van der Waals surface area contributed by atoms with Crippen LogP contribution in [-0.4, -0.2) is 29.3 Å². The van der Waals surface area contributed by atoms with Crippen LogP contribution in [-0.2, 0) is 0 Å². The van der Waals surface area contributed by atoms with Crippen LogP contribution < -0.4 is 41.9 Å². The summed E-state index contributed by atoms with van der Waals surface area (Å²) in [4.78, 5) is 0. The number of benzene rings is 9. The van der Waals surface area contributed by atoms with Gasteiger partial charge in [0.25, 0.3) is 0 Å². The van der Waals surface area contributed by atoms with Gasteiger partial charge in [-0.1, -0.05) is 202 Å². The Morgan fingerprint density at radius 2 is 0.504 bits per heavy atom. The molecule has 2 heterocycles. The molecule has 11 rings (SSSR count). The smallest absolute Gasteiger partial charge is 0.224 e. The molecule has 9 aromatic carbocycles. The van der Waals surface area contributed by atoms with Crippen LogP contribution in [0, 0.1) is 122 Å². The van der Waals surface area contributed by atoms with E-state index >= 15 is 35.1 Å². The van der Waals surface area contributed by atoms with E-state index in [0.29, 0.717) is 56.0 Å². The van der Waals surface area contributed by atoms with Gasteiger partial charge in [-0.25, -0.2) is 110 Å². The van der Waals surface area contributed by atoms with Crippen LogP contribution in [0.4, 0.5) is 92.2 Å². The van der Waals surface area contributed by atoms with Gasteiger partial charge in [0.2, 0.25) is 5.45 Å². The highest BCUT2D eigenvalue weighted by Crippen LogP contribution is 2.37. The van der Waals surface area contributed by atoms with E-state index in [0.717, 1.165) is 0 Å². The molecular weight excluding hydrogens is 1660 g/mol. The van der Waals surface area contributed by atoms with Gasteiger partial charge in [0, 0.05) is 49.9 Å². The van der Waals surface area contributed by atoms with E-state index in [4.69, 9.17) is 0 Å². The highest BCUT2D eigenvalue weighted by molar-refractivity contribution is 14.1. The molecule has 0 aliphatic rings. The number of aromatic nitrogens is 4. The molecule has 4 nitrogen and oxygen atoms in total. The third-order valence-corrected chi connectivity index (χ3v) is 27.5. The first-order chi connectivity index (χ1) is 53.0. The van der Waals surface area contributed by atoms with Gasteiger partial charge >= 0.3 is 0 Å². The second-order valence-electron chi connectivity index (χ2n) is 29.6. The predicted octanol–water partition coefficient (Wildman–Crippen LogP) is 20.6. The zero-order chi connectivity index (χ0) is 84.1. The Morgan fingerprint density at radius 1 is 0.283 bits per heavy atom. The van der Waals surface area contributed by atoms with Gasteiger partial charge in [-0.15, -0.1) is 43.6 Å². The second kappa shape index (κ2) is 35.1. The van der Waals surface area contributed by atoms with E-state index in [-0.39, 0.29) is 5.82 Å². The lowest BCUT2D eigenvalue weighted by Gasteiger charge is -2.44. The fourth-order valence-corrected chi connectivity index (χ4v) is 22.3. The van der Waals surface area contributed by atoms with Crippen molar-refractivity contribution < 1.29 is 101 Å². The summed E-state index contributed by atoms with van der Waals surface area (Å²) in [7, 11) is 0.526. The van der Waals surface area contributed by atoms with Gasteiger partial charge < -0.3 is 0 Å². The van der Waals surface area contributed by atoms with E-state index in [1.807, 2.05) is 0 Å². The van der Waals surface area contributed by atoms with Gasteiger partial charge in [-0.2, -0.15) is 0 Å². The van der Waals surface area contributed by atoms with E-state index in [9.17, 15) is 57.1 Å². The van der Waals surface area contributed by atoms with Crippen molar-refractivity contribution >= 4 is 74.7 Å². The van der Waals surface area contributed by atoms with Crippen molar-refractivity contribution in [2.24, 2.45) is 0 Å². The van der Waals surface area contributed by atoms with Crippen molar-refractivity contribution in [2.45, 2.75) is 158 Å². The minimum atomic E-state index is -7.22. The lowest BCUT2D eigenvalue weighted by atomic mass is 9.12. The minimum Gasteiger partial charge on any atom is -0.282 e. The monoisotopic (exact) mass is 1730 g/mol. The summed E-state index contributed by atoms with van der Waals surface area (Å²) >= 11 is 2.93. The molecule has 29 heteroatoms. The first-order valence-electron chi connectivity index (χ1n) is 36.0. The lowest BCUT2D eigenvalue weighted by Crippen LogP contribution is -2.81. The number of hydrogen-bond donors (Lipinski definition) is 0. The van der Waals surface area contributed by atoms with Gasteiger partial charge in [0.05, 0.1) is 5.45 Å². The fourth-order valence-electron chi connectivity index (χ4n) is 14.4. The summed E-state index contributed by atoms with van der Waals surface area (Å²) in [5, 5.41) is -1.37. The molecule has 598 valence electrons. The molecule has 0 fully saturated rings. The van der Waals surface area contributed by atoms with Crippen molar-refractivity contribution in [1.29, 1.82) is 0 Å². The number of para-hydroxylation sites is 4. The maximum atomic E-state index is 15.4. The molecule has 0 aliphatic heterocycles. The van der Waals surface area contributed by atoms with Crippen molar-refractivity contribution in [2.75, 3.05) is 0 Å². The number of nitrogens with zero attached hydrogens (tertiary/aromatic N) is 4. The zero-order valence-electron chi connectivity index (χ0n) is 63.9. The third kappa shape index (κ3) is 16.0. The van der Waals surface area contributed by atoms with E-state index in [1.54, 1.807) is 18.2 Å². The molecule has 0 bridgehead atoms. The number of imidazole rings is 2. The highest BCUT2D eigenvalue weighted by Gasteiger charge is 2.53. The summed E-state index contributed by atoms with van der Waals surface area (Å²) in [6.45, 7) is 37.7. The molecule has 0 aliphatic carbocycles. The number of hydrogen-bond acceptors (Lipinski definition) is 0. The van der Waals surface area contributed by atoms with E-state index in [2.05, 4.69) is 248 Å². The molecule has 0 atom stereocenters. The summed E-state index contributed by atoms with van der Waals surface area (Å²) in [6.07, 6.45) is 2.38. The largest absolute Gasteiger partial charge is 0.282 e. The predicted molar refractivity (Wildman–Crippen MR) is 408 cm³/mol. The molecule has 0 N–H and O–H groups in total. The van der Waals surface area contributed by atoms with Crippen LogP contribution in [0.2, 0.25) is 0 Å². The Balaban J connectivity index is 0.000000247. The SMILES string of the molecule is CC(C)c1cccc(C(C)C)c1-n1cc[n+](-c2c(C(C)C)cccc2C(C)C)c1[Si-]=[Si](I)c1n(-c2c(C(C)C)cccc2C(C)C)cc[n+]1-c1c(C(C)C)cccc1C(C)C.Fc1c(F)c(F)c([B-](c2c(F)c(F)c(F)c(F)c2F)(c2c(F)c(F)c(F)c(F)c2F)c2c(F)c(F)c(F)c(F)c2F)c(F)c1F.Fc1ccccc1. The number of rotatable bonds is 18. The molecule has 11 aromatic rings. The Morgan fingerprint density at radius 3 is 0.752 bits per heavy atom. The Labute approximate surface area is 656 Å². The normalized spacial score (nSPS) is 12.1. The van der Waals surface area contributed by atoms with Crippen LogP contribution >= 0.6 is 21.8 Å². The first-order valence-corrected chi connectivity index (χ1v) is 42.6. The maximum absolute atomic E-state index is 15.4. The van der Waals surface area contributed by atoms with Crippen LogP contribution in [0.25, 0.3) is 22.7 Å². The van der Waals surface area contributed by atoms with Crippen molar-refractivity contribution in [3.8, 4) is 22.7 Å². The molecule has 0 amide bonds. The Bertz CT molecular complexity index is 4840. The topological polar surface area (TPSA) is 17.6 Å². The summed E-state index contributed by atoms with van der Waals surface area (Å²) in [5.41, 5.74) is 5.14. The van der Waals surface area contributed by atoms with Gasteiger partial charge in [0.1, 0.15) is 106 Å². The third-order valence-electron chi connectivity index (χ3n) is 19.8. The molecule has 0 unspecified atom stereocenters. The van der Waals surface area contributed by atoms with E-state index in [1.165, 1.54) is 90.3 Å². The minimum absolute atomic E-state index is 0.178. The van der Waals surface area contributed by atoms with Gasteiger partial charge in [-0.05, 0) is 59.5 Å². The summed E-state index contributed by atoms with van der Waals surface area (Å²) < 4.78 is 316. The maximum Gasteiger partial charge on any atom is 0.224 e. The molecule has 0 saturated heterocycles. The summed E-state index contributed by atoms with van der Waals surface area (Å²) in [5.74, 6) is -68.6. The Hall–Kier alpha value is -8.84. The Kier molecular flexibility index (Phi) is 27.4. The average molecular weight is 1740 g/mol. The lowest BCUT2D eigenvalue weighted by molar-refractivity contribution is -0.577. The van der Waals surface area contributed by atoms with Crippen molar-refractivity contribution in [3.63, 3.8) is 0 Å². The molecule has 113 heavy (non-hydrogen) atoms. The van der Waals surface area contributed by atoms with Gasteiger partial charge in [-0.3, -0.25) is 8.61 Å². The molecule has 2 aromatic heterocycles. The molecule has 0 radical (unpaired) electrons.